The zero-order chi connectivity index (χ0) is 14.9. The Hall–Kier alpha value is -2.09. The zero-order valence-corrected chi connectivity index (χ0v) is 13.4. The maximum atomic E-state index is 6.18. The lowest BCUT2D eigenvalue weighted by atomic mass is 10.3. The molecule has 0 aliphatic carbocycles. The van der Waals surface area contributed by atoms with Crippen LogP contribution in [-0.2, 0) is 0 Å². The monoisotopic (exact) mass is 345 g/mol. The molecule has 0 spiro atoms. The molecule has 108 valence electrons. The molecule has 4 rings (SSSR count). The Bertz CT molecular complexity index is 935. The summed E-state index contributed by atoms with van der Waals surface area (Å²) in [5, 5.41) is 15.2. The van der Waals surface area contributed by atoms with Gasteiger partial charge in [0, 0.05) is 0 Å². The summed E-state index contributed by atoms with van der Waals surface area (Å²) in [4.78, 5) is 9.89. The van der Waals surface area contributed by atoms with Gasteiger partial charge in [0.25, 0.3) is 0 Å². The second-order valence-electron chi connectivity index (χ2n) is 4.37. The third-order valence-corrected chi connectivity index (χ3v) is 5.05. The van der Waals surface area contributed by atoms with E-state index in [0.717, 1.165) is 20.9 Å². The van der Waals surface area contributed by atoms with Gasteiger partial charge in [-0.3, -0.25) is 0 Å². The van der Waals surface area contributed by atoms with Crippen molar-refractivity contribution >= 4 is 56.3 Å². The Morgan fingerprint density at radius 3 is 2.55 bits per heavy atom. The van der Waals surface area contributed by atoms with Gasteiger partial charge in [0.05, 0.1) is 15.9 Å². The molecule has 5 nitrogen and oxygen atoms in total. The molecule has 8 heteroatoms. The number of anilines is 2. The lowest BCUT2D eigenvalue weighted by molar-refractivity contribution is 1.10. The number of benzene rings is 1. The van der Waals surface area contributed by atoms with Crippen LogP contribution in [0.5, 0.6) is 0 Å². The van der Waals surface area contributed by atoms with Crippen LogP contribution in [0.4, 0.5) is 10.9 Å². The summed E-state index contributed by atoms with van der Waals surface area (Å²) in [5.74, 6) is 0.481. The van der Waals surface area contributed by atoms with E-state index in [1.807, 2.05) is 41.8 Å². The van der Waals surface area contributed by atoms with Crippen molar-refractivity contribution in [3.8, 4) is 9.88 Å². The summed E-state index contributed by atoms with van der Waals surface area (Å²) < 4.78 is 0. The van der Waals surface area contributed by atoms with Gasteiger partial charge in [-0.15, -0.1) is 21.5 Å². The molecule has 0 fully saturated rings. The standard InChI is InChI=1S/C14H8ClN5S2/c15-11-12(17-9-5-2-1-4-8(9)16-11)18-14-20-19-13(22-14)10-6-3-7-21-10/h1-7H,(H,17,18,20). The summed E-state index contributed by atoms with van der Waals surface area (Å²) in [5.41, 5.74) is 1.53. The van der Waals surface area contributed by atoms with Crippen molar-refractivity contribution in [2.75, 3.05) is 5.32 Å². The van der Waals surface area contributed by atoms with Crippen LogP contribution in [0.25, 0.3) is 20.9 Å². The lowest BCUT2D eigenvalue weighted by Crippen LogP contribution is -1.97. The van der Waals surface area contributed by atoms with E-state index < -0.39 is 0 Å². The highest BCUT2D eigenvalue weighted by molar-refractivity contribution is 7.22. The van der Waals surface area contributed by atoms with Gasteiger partial charge in [-0.25, -0.2) is 9.97 Å². The topological polar surface area (TPSA) is 63.6 Å². The van der Waals surface area contributed by atoms with Crippen LogP contribution in [-0.4, -0.2) is 20.2 Å². The van der Waals surface area contributed by atoms with Crippen LogP contribution in [0.3, 0.4) is 0 Å². The molecule has 0 bridgehead atoms. The van der Waals surface area contributed by atoms with E-state index >= 15 is 0 Å². The maximum Gasteiger partial charge on any atom is 0.211 e. The Labute approximate surface area is 138 Å². The summed E-state index contributed by atoms with van der Waals surface area (Å²) in [7, 11) is 0. The average molecular weight is 346 g/mol. The molecule has 3 aromatic heterocycles. The first-order valence-corrected chi connectivity index (χ1v) is 8.44. The van der Waals surface area contributed by atoms with Crippen molar-refractivity contribution in [3.63, 3.8) is 0 Å². The van der Waals surface area contributed by atoms with Gasteiger partial charge in [-0.05, 0) is 23.6 Å². The number of nitrogens with zero attached hydrogens (tertiary/aromatic N) is 4. The van der Waals surface area contributed by atoms with Gasteiger partial charge < -0.3 is 5.32 Å². The minimum Gasteiger partial charge on any atom is -0.312 e. The number of thiophene rings is 1. The molecule has 0 saturated carbocycles. The number of nitrogens with one attached hydrogen (secondary N) is 1. The van der Waals surface area contributed by atoms with Gasteiger partial charge in [-0.2, -0.15) is 0 Å². The number of hydrogen-bond acceptors (Lipinski definition) is 7. The second kappa shape index (κ2) is 5.60. The predicted molar refractivity (Wildman–Crippen MR) is 91.1 cm³/mol. The van der Waals surface area contributed by atoms with Gasteiger partial charge in [0.15, 0.2) is 16.0 Å². The minimum absolute atomic E-state index is 0.312. The number of fused-ring (bicyclic) bond motifs is 1. The fraction of sp³-hybridized carbons (Fsp3) is 0. The van der Waals surface area contributed by atoms with Crippen LogP contribution in [0, 0.1) is 0 Å². The van der Waals surface area contributed by atoms with Crippen molar-refractivity contribution < 1.29 is 0 Å². The number of para-hydroxylation sites is 2. The summed E-state index contributed by atoms with van der Waals surface area (Å²) in [6, 6.07) is 11.6. The van der Waals surface area contributed by atoms with Gasteiger partial charge >= 0.3 is 0 Å². The minimum atomic E-state index is 0.312. The zero-order valence-electron chi connectivity index (χ0n) is 11.0. The summed E-state index contributed by atoms with van der Waals surface area (Å²) in [6.45, 7) is 0. The van der Waals surface area contributed by atoms with Crippen molar-refractivity contribution in [1.29, 1.82) is 0 Å². The van der Waals surface area contributed by atoms with E-state index in [1.165, 1.54) is 11.3 Å². The smallest absolute Gasteiger partial charge is 0.211 e. The number of halogens is 1. The van der Waals surface area contributed by atoms with E-state index in [2.05, 4.69) is 25.5 Å². The molecule has 0 saturated heterocycles. The Balaban J connectivity index is 1.67. The first-order chi connectivity index (χ1) is 10.8. The molecule has 4 aromatic rings. The molecule has 3 heterocycles. The normalized spacial score (nSPS) is 11.0. The van der Waals surface area contributed by atoms with Crippen molar-refractivity contribution in [2.24, 2.45) is 0 Å². The van der Waals surface area contributed by atoms with Crippen molar-refractivity contribution in [3.05, 3.63) is 46.9 Å². The molecule has 1 N–H and O–H groups in total. The van der Waals surface area contributed by atoms with Crippen LogP contribution in [0.2, 0.25) is 5.15 Å². The highest BCUT2D eigenvalue weighted by Crippen LogP contribution is 2.32. The molecule has 1 aromatic carbocycles. The van der Waals surface area contributed by atoms with Crippen molar-refractivity contribution in [1.82, 2.24) is 20.2 Å². The molecule has 0 aliphatic rings. The van der Waals surface area contributed by atoms with E-state index in [4.69, 9.17) is 11.6 Å². The van der Waals surface area contributed by atoms with Gasteiger partial charge in [-0.1, -0.05) is 41.1 Å². The Morgan fingerprint density at radius 1 is 0.955 bits per heavy atom. The average Bonchev–Trinajstić information content (AvgIpc) is 3.18. The molecular weight excluding hydrogens is 338 g/mol. The van der Waals surface area contributed by atoms with Crippen LogP contribution >= 0.6 is 34.3 Å². The van der Waals surface area contributed by atoms with E-state index in [9.17, 15) is 0 Å². The van der Waals surface area contributed by atoms with Crippen LogP contribution in [0.15, 0.2) is 41.8 Å². The molecular formula is C14H8ClN5S2. The highest BCUT2D eigenvalue weighted by Gasteiger charge is 2.11. The SMILES string of the molecule is Clc1nc2ccccc2nc1Nc1nnc(-c2cccs2)s1. The van der Waals surface area contributed by atoms with Crippen molar-refractivity contribution in [2.45, 2.75) is 0 Å². The Kier molecular flexibility index (Phi) is 3.45. The second-order valence-corrected chi connectivity index (χ2v) is 6.65. The van der Waals surface area contributed by atoms with E-state index in [0.29, 0.717) is 16.1 Å². The first kappa shape index (κ1) is 13.6. The fourth-order valence-electron chi connectivity index (χ4n) is 1.93. The molecule has 22 heavy (non-hydrogen) atoms. The summed E-state index contributed by atoms with van der Waals surface area (Å²) in [6.07, 6.45) is 0. The number of rotatable bonds is 3. The largest absolute Gasteiger partial charge is 0.312 e. The molecule has 0 amide bonds. The number of hydrogen-bond donors (Lipinski definition) is 1. The fourth-order valence-corrected chi connectivity index (χ4v) is 3.65. The Morgan fingerprint density at radius 2 is 1.77 bits per heavy atom. The highest BCUT2D eigenvalue weighted by atomic mass is 35.5. The maximum absolute atomic E-state index is 6.18. The first-order valence-electron chi connectivity index (χ1n) is 6.36. The van der Waals surface area contributed by atoms with E-state index in [-0.39, 0.29) is 0 Å². The summed E-state index contributed by atoms with van der Waals surface area (Å²) >= 11 is 9.26. The lowest BCUT2D eigenvalue weighted by Gasteiger charge is -2.04. The van der Waals surface area contributed by atoms with Gasteiger partial charge in [0.1, 0.15) is 0 Å². The van der Waals surface area contributed by atoms with Crippen LogP contribution in [0.1, 0.15) is 0 Å². The van der Waals surface area contributed by atoms with E-state index in [1.54, 1.807) is 11.3 Å². The molecule has 0 atom stereocenters. The third kappa shape index (κ3) is 2.54. The predicted octanol–water partition coefficient (Wildman–Crippen LogP) is 4.61. The molecule has 0 unspecified atom stereocenters. The van der Waals surface area contributed by atoms with Gasteiger partial charge in [0.2, 0.25) is 5.13 Å². The quantitative estimate of drug-likeness (QED) is 0.587. The third-order valence-electron chi connectivity index (χ3n) is 2.91. The molecule has 0 radical (unpaired) electrons. The molecule has 0 aliphatic heterocycles. The number of aromatic nitrogens is 4. The van der Waals surface area contributed by atoms with Crippen LogP contribution < -0.4 is 5.32 Å².